The fourth-order valence-electron chi connectivity index (χ4n) is 3.20. The van der Waals surface area contributed by atoms with E-state index in [1.165, 1.54) is 11.5 Å². The number of rotatable bonds is 1. The van der Waals surface area contributed by atoms with E-state index in [1.54, 1.807) is 0 Å². The van der Waals surface area contributed by atoms with E-state index in [-0.39, 0.29) is 29.4 Å². The molecule has 4 rings (SSSR count). The lowest BCUT2D eigenvalue weighted by atomic mass is 10.0. The average molecular weight is 351 g/mol. The van der Waals surface area contributed by atoms with Gasteiger partial charge < -0.3 is 4.57 Å². The minimum Gasteiger partial charge on any atom is -0.336 e. The van der Waals surface area contributed by atoms with E-state index in [0.717, 1.165) is 5.01 Å². The first kappa shape index (κ1) is 15.7. The van der Waals surface area contributed by atoms with Crippen molar-refractivity contribution in [1.29, 1.82) is 0 Å². The van der Waals surface area contributed by atoms with Crippen LogP contribution in [-0.4, -0.2) is 21.4 Å². The minimum absolute atomic E-state index is 0.129. The smallest absolute Gasteiger partial charge is 0.275 e. The van der Waals surface area contributed by atoms with Gasteiger partial charge in [0.25, 0.3) is 5.91 Å². The molecule has 1 aromatic carbocycles. The highest BCUT2D eigenvalue weighted by atomic mass is 19.2. The number of carbonyl (C=O) groups is 2. The highest BCUT2D eigenvalue weighted by Crippen LogP contribution is 2.40. The summed E-state index contributed by atoms with van der Waals surface area (Å²) in [4.78, 5) is 36.6. The fourth-order valence-corrected chi connectivity index (χ4v) is 3.20. The number of fused-ring (bicyclic) bond motifs is 2. The average Bonchev–Trinajstić information content (AvgIpc) is 3.38. The molecule has 6 nitrogen and oxygen atoms in total. The van der Waals surface area contributed by atoms with Gasteiger partial charge in [-0.1, -0.05) is 0 Å². The molecule has 2 aromatic rings. The van der Waals surface area contributed by atoms with Crippen LogP contribution in [0.3, 0.4) is 0 Å². The maximum absolute atomic E-state index is 14.5. The van der Waals surface area contributed by atoms with Gasteiger partial charge in [0, 0.05) is 13.0 Å². The van der Waals surface area contributed by atoms with Crippen LogP contribution in [0.2, 0.25) is 0 Å². The molecule has 9 heteroatoms. The molecule has 2 amide bonds. The maximum atomic E-state index is 14.5. The van der Waals surface area contributed by atoms with E-state index in [0.29, 0.717) is 18.9 Å². The minimum atomic E-state index is -1.68. The molecule has 0 spiro atoms. The van der Waals surface area contributed by atoms with Crippen LogP contribution in [0.15, 0.2) is 10.9 Å². The maximum Gasteiger partial charge on any atom is 0.275 e. The van der Waals surface area contributed by atoms with Crippen LogP contribution in [0.25, 0.3) is 10.9 Å². The summed E-state index contributed by atoms with van der Waals surface area (Å²) >= 11 is 0. The Labute approximate surface area is 138 Å². The zero-order valence-corrected chi connectivity index (χ0v) is 13.0. The Balaban J connectivity index is 2.15. The zero-order chi connectivity index (χ0) is 18.0. The third-order valence-corrected chi connectivity index (χ3v) is 4.49. The summed E-state index contributed by atoms with van der Waals surface area (Å²) in [5.41, 5.74) is 0.867. The lowest BCUT2D eigenvalue weighted by Crippen LogP contribution is -2.51. The predicted octanol–water partition coefficient (Wildman–Crippen LogP) is 1.76. The van der Waals surface area contributed by atoms with E-state index in [2.05, 4.69) is 5.43 Å². The van der Waals surface area contributed by atoms with Crippen LogP contribution in [-0.2, 0) is 11.3 Å². The third-order valence-electron chi connectivity index (χ3n) is 4.49. The van der Waals surface area contributed by atoms with Crippen molar-refractivity contribution in [2.45, 2.75) is 32.4 Å². The van der Waals surface area contributed by atoms with Crippen molar-refractivity contribution >= 4 is 22.7 Å². The molecule has 130 valence electrons. The largest absolute Gasteiger partial charge is 0.336 e. The van der Waals surface area contributed by atoms with Gasteiger partial charge in [0.1, 0.15) is 5.56 Å². The van der Waals surface area contributed by atoms with Crippen molar-refractivity contribution in [3.05, 3.63) is 45.0 Å². The molecule has 0 radical (unpaired) electrons. The fraction of sp³-hybridized carbons (Fsp3) is 0.312. The van der Waals surface area contributed by atoms with Gasteiger partial charge in [0.15, 0.2) is 17.5 Å². The lowest BCUT2D eigenvalue weighted by Gasteiger charge is -2.31. The summed E-state index contributed by atoms with van der Waals surface area (Å²) in [6, 6.07) is 0.371. The molecule has 1 saturated carbocycles. The van der Waals surface area contributed by atoms with Crippen molar-refractivity contribution in [3.63, 3.8) is 0 Å². The number of aromatic nitrogens is 1. The second-order valence-electron chi connectivity index (χ2n) is 6.18. The summed E-state index contributed by atoms with van der Waals surface area (Å²) in [7, 11) is 0. The quantitative estimate of drug-likeness (QED) is 0.796. The van der Waals surface area contributed by atoms with Crippen molar-refractivity contribution in [3.8, 4) is 0 Å². The Hall–Kier alpha value is -2.84. The van der Waals surface area contributed by atoms with Crippen LogP contribution in [0.4, 0.5) is 13.2 Å². The van der Waals surface area contributed by atoms with Gasteiger partial charge in [-0.3, -0.25) is 19.8 Å². The van der Waals surface area contributed by atoms with Gasteiger partial charge in [-0.25, -0.2) is 18.2 Å². The Morgan fingerprint density at radius 1 is 1.20 bits per heavy atom. The number of carbonyl (C=O) groups excluding carboxylic acids is 2. The molecule has 2 heterocycles. The van der Waals surface area contributed by atoms with Crippen molar-refractivity contribution in [2.75, 3.05) is 0 Å². The molecule has 1 aliphatic heterocycles. The van der Waals surface area contributed by atoms with E-state index in [9.17, 15) is 27.6 Å². The SMILES string of the molecule is CC(=O)N1Cc2c(c(=O)c3cc(F)c(F)c(F)c3n2C2CC2)C(=O)N1. The number of amides is 2. The van der Waals surface area contributed by atoms with Gasteiger partial charge >= 0.3 is 0 Å². The summed E-state index contributed by atoms with van der Waals surface area (Å²) in [5.74, 6) is -5.94. The summed E-state index contributed by atoms with van der Waals surface area (Å²) in [6.07, 6.45) is 1.29. The van der Waals surface area contributed by atoms with E-state index in [1.807, 2.05) is 0 Å². The molecule has 1 N–H and O–H groups in total. The third kappa shape index (κ3) is 2.15. The zero-order valence-electron chi connectivity index (χ0n) is 13.0. The Bertz CT molecular complexity index is 1030. The van der Waals surface area contributed by atoms with E-state index < -0.39 is 40.1 Å². The molecule has 25 heavy (non-hydrogen) atoms. The highest BCUT2D eigenvalue weighted by Gasteiger charge is 2.37. The normalized spacial score (nSPS) is 16.8. The van der Waals surface area contributed by atoms with Crippen molar-refractivity contribution in [2.24, 2.45) is 0 Å². The van der Waals surface area contributed by atoms with Gasteiger partial charge in [0.2, 0.25) is 11.3 Å². The number of nitrogens with zero attached hydrogens (tertiary/aromatic N) is 2. The van der Waals surface area contributed by atoms with Crippen LogP contribution < -0.4 is 10.9 Å². The summed E-state index contributed by atoms with van der Waals surface area (Å²) < 4.78 is 43.2. The summed E-state index contributed by atoms with van der Waals surface area (Å²) in [6.45, 7) is 1.07. The molecule has 0 saturated heterocycles. The predicted molar refractivity (Wildman–Crippen MR) is 80.0 cm³/mol. The summed E-state index contributed by atoms with van der Waals surface area (Å²) in [5, 5.41) is 0.598. The van der Waals surface area contributed by atoms with Crippen LogP contribution in [0.5, 0.6) is 0 Å². The first-order valence-corrected chi connectivity index (χ1v) is 7.65. The number of halogens is 3. The number of nitrogens with one attached hydrogen (secondary N) is 1. The topological polar surface area (TPSA) is 71.4 Å². The number of hydrazine groups is 1. The monoisotopic (exact) mass is 351 g/mol. The van der Waals surface area contributed by atoms with Crippen molar-refractivity contribution in [1.82, 2.24) is 15.0 Å². The molecule has 0 bridgehead atoms. The Morgan fingerprint density at radius 2 is 1.88 bits per heavy atom. The van der Waals surface area contributed by atoms with Crippen LogP contribution in [0, 0.1) is 17.5 Å². The number of pyridine rings is 1. The molecular weight excluding hydrogens is 339 g/mol. The Morgan fingerprint density at radius 3 is 2.48 bits per heavy atom. The lowest BCUT2D eigenvalue weighted by molar-refractivity contribution is -0.132. The molecule has 1 fully saturated rings. The molecule has 1 aliphatic carbocycles. The molecular formula is C16H12F3N3O3. The second-order valence-corrected chi connectivity index (χ2v) is 6.18. The van der Waals surface area contributed by atoms with Crippen LogP contribution >= 0.6 is 0 Å². The first-order chi connectivity index (χ1) is 11.8. The standard InChI is InChI=1S/C16H12F3N3O3/c1-6(23)21-5-10-11(16(25)20-21)15(24)8-4-9(17)12(18)13(19)14(8)22(10)7-2-3-7/h4,7H,2-3,5H2,1H3,(H,20,25). The van der Waals surface area contributed by atoms with Crippen molar-refractivity contribution < 1.29 is 22.8 Å². The Kier molecular flexibility index (Phi) is 3.18. The van der Waals surface area contributed by atoms with Gasteiger partial charge in [-0.05, 0) is 18.9 Å². The van der Waals surface area contributed by atoms with E-state index >= 15 is 0 Å². The molecule has 0 atom stereocenters. The van der Waals surface area contributed by atoms with Crippen LogP contribution in [0.1, 0.15) is 41.9 Å². The number of hydrogen-bond donors (Lipinski definition) is 1. The molecule has 1 aromatic heterocycles. The number of benzene rings is 1. The molecule has 2 aliphatic rings. The highest BCUT2D eigenvalue weighted by molar-refractivity contribution is 6.00. The van der Waals surface area contributed by atoms with E-state index in [4.69, 9.17) is 0 Å². The second kappa shape index (κ2) is 5.08. The van der Waals surface area contributed by atoms with Gasteiger partial charge in [-0.2, -0.15) is 0 Å². The van der Waals surface area contributed by atoms with Gasteiger partial charge in [-0.15, -0.1) is 0 Å². The number of hydrogen-bond acceptors (Lipinski definition) is 3. The first-order valence-electron chi connectivity index (χ1n) is 7.65. The molecule has 0 unspecified atom stereocenters. The van der Waals surface area contributed by atoms with Gasteiger partial charge in [0.05, 0.1) is 23.1 Å².